The number of carbonyl (C=O) groups is 2. The van der Waals surface area contributed by atoms with E-state index in [0.717, 1.165) is 5.69 Å². The Hall–Kier alpha value is -2.78. The molecule has 1 heterocycles. The number of halogens is 3. The number of amides is 3. The van der Waals surface area contributed by atoms with Gasteiger partial charge in [0, 0.05) is 31.7 Å². The van der Waals surface area contributed by atoms with Crippen molar-refractivity contribution in [2.45, 2.75) is 32.6 Å². The van der Waals surface area contributed by atoms with Gasteiger partial charge in [-0.15, -0.1) is 0 Å². The molecule has 3 rings (SSSR count). The third kappa shape index (κ3) is 7.61. The van der Waals surface area contributed by atoms with Crippen LogP contribution in [0.15, 0.2) is 48.5 Å². The Kier molecular flexibility index (Phi) is 9.84. The molecule has 0 atom stereocenters. The van der Waals surface area contributed by atoms with Crippen molar-refractivity contribution in [3.8, 4) is 5.69 Å². The molecule has 8 nitrogen and oxygen atoms in total. The zero-order valence-electron chi connectivity index (χ0n) is 21.1. The Morgan fingerprint density at radius 1 is 1.00 bits per heavy atom. The van der Waals surface area contributed by atoms with Crippen molar-refractivity contribution < 1.29 is 14.3 Å². The number of hydrogen-bond acceptors (Lipinski definition) is 4. The van der Waals surface area contributed by atoms with Crippen molar-refractivity contribution in [1.82, 2.24) is 14.7 Å². The van der Waals surface area contributed by atoms with Gasteiger partial charge in [0.15, 0.2) is 0 Å². The molecule has 2 N–H and O–H groups in total. The number of carbonyl (C=O) groups excluding carboxylic acids is 2. The SMILES string of the molecule is COCCCN(CC(=O)Nc1cc(C(C)(C)C)nn1-c1ccccc1Cl)C(=O)Nc1c(Cl)cccc1Cl. The standard InChI is InChI=1S/C26H30Cl3N5O3/c1-26(2,3)21-15-22(34(32-21)20-12-6-5-9-17(20)27)30-23(35)16-33(13-8-14-37-4)25(36)31-24-18(28)10-7-11-19(24)29/h5-7,9-12,15H,8,13-14,16H2,1-4H3,(H,30,35)(H,31,36). The minimum Gasteiger partial charge on any atom is -0.385 e. The number of nitrogens with one attached hydrogen (secondary N) is 2. The van der Waals surface area contributed by atoms with Crippen LogP contribution in [0.5, 0.6) is 0 Å². The van der Waals surface area contributed by atoms with Crippen molar-refractivity contribution in [2.24, 2.45) is 0 Å². The first-order chi connectivity index (χ1) is 17.5. The molecule has 0 unspecified atom stereocenters. The summed E-state index contributed by atoms with van der Waals surface area (Å²) in [5.41, 5.74) is 1.40. The van der Waals surface area contributed by atoms with E-state index >= 15 is 0 Å². The number of ether oxygens (including phenoxy) is 1. The van der Waals surface area contributed by atoms with E-state index in [-0.39, 0.29) is 24.2 Å². The molecule has 37 heavy (non-hydrogen) atoms. The van der Waals surface area contributed by atoms with Crippen LogP contribution >= 0.6 is 34.8 Å². The molecular formula is C26H30Cl3N5O3. The van der Waals surface area contributed by atoms with Gasteiger partial charge in [0.2, 0.25) is 5.91 Å². The van der Waals surface area contributed by atoms with Crippen LogP contribution in [0.1, 0.15) is 32.9 Å². The van der Waals surface area contributed by atoms with Crippen molar-refractivity contribution in [3.05, 3.63) is 69.3 Å². The largest absolute Gasteiger partial charge is 0.385 e. The zero-order valence-corrected chi connectivity index (χ0v) is 23.4. The average molecular weight is 567 g/mol. The second-order valence-corrected chi connectivity index (χ2v) is 10.6. The van der Waals surface area contributed by atoms with E-state index in [2.05, 4.69) is 10.6 Å². The molecule has 1 aromatic heterocycles. The Balaban J connectivity index is 1.84. The van der Waals surface area contributed by atoms with Crippen molar-refractivity contribution in [2.75, 3.05) is 37.4 Å². The highest BCUT2D eigenvalue weighted by Crippen LogP contribution is 2.31. The molecule has 0 fully saturated rings. The van der Waals surface area contributed by atoms with E-state index in [1.807, 2.05) is 39.0 Å². The maximum atomic E-state index is 13.2. The summed E-state index contributed by atoms with van der Waals surface area (Å²) in [5.74, 6) is 0.0286. The predicted molar refractivity (Wildman–Crippen MR) is 149 cm³/mol. The topological polar surface area (TPSA) is 88.5 Å². The van der Waals surface area contributed by atoms with E-state index in [9.17, 15) is 9.59 Å². The molecule has 0 bridgehead atoms. The first-order valence-electron chi connectivity index (χ1n) is 11.7. The molecule has 2 aromatic carbocycles. The molecule has 3 aromatic rings. The first kappa shape index (κ1) is 28.8. The predicted octanol–water partition coefficient (Wildman–Crippen LogP) is 6.64. The van der Waals surface area contributed by atoms with Crippen molar-refractivity contribution in [1.29, 1.82) is 0 Å². The van der Waals surface area contributed by atoms with Crippen LogP contribution in [0.4, 0.5) is 16.3 Å². The third-order valence-corrected chi connectivity index (χ3v) is 6.37. The molecule has 0 aliphatic carbocycles. The van der Waals surface area contributed by atoms with E-state index in [1.54, 1.807) is 42.1 Å². The van der Waals surface area contributed by atoms with Gasteiger partial charge in [-0.3, -0.25) is 4.79 Å². The number of anilines is 2. The van der Waals surface area contributed by atoms with Gasteiger partial charge < -0.3 is 20.3 Å². The Morgan fingerprint density at radius 3 is 2.27 bits per heavy atom. The zero-order chi connectivity index (χ0) is 27.2. The first-order valence-corrected chi connectivity index (χ1v) is 12.8. The number of aromatic nitrogens is 2. The fourth-order valence-corrected chi connectivity index (χ4v) is 4.16. The van der Waals surface area contributed by atoms with Gasteiger partial charge in [-0.1, -0.05) is 73.8 Å². The third-order valence-electron chi connectivity index (χ3n) is 5.42. The van der Waals surface area contributed by atoms with Crippen LogP contribution < -0.4 is 10.6 Å². The highest BCUT2D eigenvalue weighted by atomic mass is 35.5. The number of rotatable bonds is 9. The van der Waals surface area contributed by atoms with Gasteiger partial charge >= 0.3 is 6.03 Å². The summed E-state index contributed by atoms with van der Waals surface area (Å²) < 4.78 is 6.71. The van der Waals surface area contributed by atoms with Crippen molar-refractivity contribution in [3.63, 3.8) is 0 Å². The molecule has 0 saturated heterocycles. The number of para-hydroxylation sites is 2. The van der Waals surface area contributed by atoms with Gasteiger partial charge in [0.1, 0.15) is 12.4 Å². The minimum atomic E-state index is -0.517. The van der Waals surface area contributed by atoms with Crippen LogP contribution in [-0.4, -0.2) is 53.4 Å². The minimum absolute atomic E-state index is 0.226. The van der Waals surface area contributed by atoms with Gasteiger partial charge in [0.25, 0.3) is 0 Å². The Bertz CT molecular complexity index is 1240. The second-order valence-electron chi connectivity index (χ2n) is 9.37. The second kappa shape index (κ2) is 12.6. The smallest absolute Gasteiger partial charge is 0.322 e. The normalized spacial score (nSPS) is 11.3. The average Bonchev–Trinajstić information content (AvgIpc) is 3.25. The maximum absolute atomic E-state index is 13.2. The molecule has 3 amide bonds. The highest BCUT2D eigenvalue weighted by molar-refractivity contribution is 6.39. The lowest BCUT2D eigenvalue weighted by Crippen LogP contribution is -2.41. The van der Waals surface area contributed by atoms with Gasteiger partial charge in [0.05, 0.1) is 32.1 Å². The summed E-state index contributed by atoms with van der Waals surface area (Å²) >= 11 is 18.8. The van der Waals surface area contributed by atoms with Crippen molar-refractivity contribution >= 4 is 58.2 Å². The van der Waals surface area contributed by atoms with E-state index in [1.165, 1.54) is 4.90 Å². The van der Waals surface area contributed by atoms with Gasteiger partial charge in [-0.25, -0.2) is 9.48 Å². The van der Waals surface area contributed by atoms with Crippen LogP contribution in [0.3, 0.4) is 0 Å². The lowest BCUT2D eigenvalue weighted by atomic mass is 9.92. The number of hydrogen-bond donors (Lipinski definition) is 2. The lowest BCUT2D eigenvalue weighted by molar-refractivity contribution is -0.116. The number of benzene rings is 2. The monoisotopic (exact) mass is 565 g/mol. The summed E-state index contributed by atoms with van der Waals surface area (Å²) in [7, 11) is 1.57. The number of urea groups is 1. The van der Waals surface area contributed by atoms with Crippen LogP contribution in [0.2, 0.25) is 15.1 Å². The molecule has 0 aliphatic rings. The summed E-state index contributed by atoms with van der Waals surface area (Å²) in [6.07, 6.45) is 0.527. The Morgan fingerprint density at radius 2 is 1.65 bits per heavy atom. The van der Waals surface area contributed by atoms with E-state index in [0.29, 0.717) is 39.6 Å². The molecular weight excluding hydrogens is 537 g/mol. The van der Waals surface area contributed by atoms with Crippen LogP contribution in [0, 0.1) is 0 Å². The number of methoxy groups -OCH3 is 1. The van der Waals surface area contributed by atoms with Crippen LogP contribution in [-0.2, 0) is 14.9 Å². The Labute approximate surface area is 231 Å². The van der Waals surface area contributed by atoms with Crippen LogP contribution in [0.25, 0.3) is 5.69 Å². The van der Waals surface area contributed by atoms with E-state index < -0.39 is 11.9 Å². The molecule has 11 heteroatoms. The molecule has 0 spiro atoms. The maximum Gasteiger partial charge on any atom is 0.322 e. The van der Waals surface area contributed by atoms with Gasteiger partial charge in [-0.2, -0.15) is 5.10 Å². The summed E-state index contributed by atoms with van der Waals surface area (Å²) in [5, 5.41) is 11.4. The summed E-state index contributed by atoms with van der Waals surface area (Å²) in [4.78, 5) is 27.7. The van der Waals surface area contributed by atoms with E-state index in [4.69, 9.17) is 44.6 Å². The molecule has 198 valence electrons. The molecule has 0 aliphatic heterocycles. The highest BCUT2D eigenvalue weighted by Gasteiger charge is 2.24. The number of nitrogens with zero attached hydrogens (tertiary/aromatic N) is 3. The summed E-state index contributed by atoms with van der Waals surface area (Å²) in [6, 6.07) is 13.4. The van der Waals surface area contributed by atoms with Gasteiger partial charge in [-0.05, 0) is 30.7 Å². The quantitative estimate of drug-likeness (QED) is 0.284. The molecule has 0 saturated carbocycles. The molecule has 0 radical (unpaired) electrons. The lowest BCUT2D eigenvalue weighted by Gasteiger charge is -2.23. The fraction of sp³-hybridized carbons (Fsp3) is 0.346. The summed E-state index contributed by atoms with van der Waals surface area (Å²) in [6.45, 7) is 6.55. The fourth-order valence-electron chi connectivity index (χ4n) is 3.45.